The van der Waals surface area contributed by atoms with Gasteiger partial charge in [-0.05, 0) is 36.4 Å². The zero-order valence-corrected chi connectivity index (χ0v) is 15.8. The molecule has 26 heavy (non-hydrogen) atoms. The molecule has 0 bridgehead atoms. The molecule has 2 aromatic carbocycles. The van der Waals surface area contributed by atoms with Crippen molar-refractivity contribution in [1.29, 1.82) is 0 Å². The number of ether oxygens (including phenoxy) is 1. The molecule has 0 aliphatic carbocycles. The first kappa shape index (κ1) is 20.5. The number of benzene rings is 2. The van der Waals surface area contributed by atoms with Crippen LogP contribution in [0.2, 0.25) is 10.0 Å². The maximum absolute atomic E-state index is 13.0. The molecule has 1 amide bonds. The van der Waals surface area contributed by atoms with Crippen molar-refractivity contribution >= 4 is 56.7 Å². The fraction of sp³-hybridized carbons (Fsp3) is 0.125. The quantitative estimate of drug-likeness (QED) is 0.594. The van der Waals surface area contributed by atoms with E-state index in [1.165, 1.54) is 18.2 Å². The van der Waals surface area contributed by atoms with Crippen molar-refractivity contribution in [2.45, 2.75) is 6.18 Å². The summed E-state index contributed by atoms with van der Waals surface area (Å²) in [5.41, 5.74) is -1.60. The van der Waals surface area contributed by atoms with Crippen LogP contribution in [0.25, 0.3) is 0 Å². The molecule has 0 aromatic heterocycles. The molecule has 4 nitrogen and oxygen atoms in total. The van der Waals surface area contributed by atoms with Gasteiger partial charge in [-0.2, -0.15) is 13.2 Å². The second-order valence-electron chi connectivity index (χ2n) is 4.94. The SMILES string of the molecule is O=C(COC(=O)c1cc(Br)ccc1Cl)Nc1ccc(Cl)cc1C(F)(F)F. The number of hydrogen-bond donors (Lipinski definition) is 1. The molecule has 1 N–H and O–H groups in total. The van der Waals surface area contributed by atoms with E-state index in [2.05, 4.69) is 15.9 Å². The molecule has 138 valence electrons. The minimum Gasteiger partial charge on any atom is -0.452 e. The minimum atomic E-state index is -4.71. The summed E-state index contributed by atoms with van der Waals surface area (Å²) in [6.07, 6.45) is -4.71. The summed E-state index contributed by atoms with van der Waals surface area (Å²) < 4.78 is 44.3. The lowest BCUT2D eigenvalue weighted by atomic mass is 10.1. The largest absolute Gasteiger partial charge is 0.452 e. The molecule has 0 aliphatic heterocycles. The lowest BCUT2D eigenvalue weighted by Gasteiger charge is -2.14. The average Bonchev–Trinajstić information content (AvgIpc) is 2.55. The van der Waals surface area contributed by atoms with E-state index in [0.717, 1.165) is 6.07 Å². The third kappa shape index (κ3) is 5.36. The summed E-state index contributed by atoms with van der Waals surface area (Å²) in [5.74, 6) is -1.84. The molecule has 0 unspecified atom stereocenters. The molecule has 0 fully saturated rings. The van der Waals surface area contributed by atoms with Crippen molar-refractivity contribution in [2.24, 2.45) is 0 Å². The first-order valence-corrected chi connectivity index (χ1v) is 8.41. The highest BCUT2D eigenvalue weighted by atomic mass is 79.9. The van der Waals surface area contributed by atoms with Crippen molar-refractivity contribution in [3.05, 3.63) is 62.0 Å². The fourth-order valence-electron chi connectivity index (χ4n) is 1.91. The van der Waals surface area contributed by atoms with E-state index in [1.807, 2.05) is 5.32 Å². The van der Waals surface area contributed by atoms with Gasteiger partial charge in [0.1, 0.15) is 0 Å². The maximum atomic E-state index is 13.0. The standard InChI is InChI=1S/C16H9BrCl2F3NO3/c17-8-1-3-12(19)10(5-8)15(25)26-7-14(24)23-13-4-2-9(18)6-11(13)16(20,21)22/h1-6H,7H2,(H,23,24). The molecular weight excluding hydrogens is 462 g/mol. The second kappa shape index (κ2) is 8.28. The number of carbonyl (C=O) groups excluding carboxylic acids is 2. The van der Waals surface area contributed by atoms with Crippen LogP contribution in [0.3, 0.4) is 0 Å². The summed E-state index contributed by atoms with van der Waals surface area (Å²) >= 11 is 14.6. The van der Waals surface area contributed by atoms with Gasteiger partial charge in [-0.25, -0.2) is 4.79 Å². The van der Waals surface area contributed by atoms with Crippen LogP contribution in [-0.2, 0) is 15.7 Å². The third-order valence-electron chi connectivity index (χ3n) is 3.04. The van der Waals surface area contributed by atoms with Crippen LogP contribution in [0.5, 0.6) is 0 Å². The van der Waals surface area contributed by atoms with Crippen LogP contribution in [0.1, 0.15) is 15.9 Å². The van der Waals surface area contributed by atoms with Crippen molar-refractivity contribution in [3.8, 4) is 0 Å². The molecule has 2 aromatic rings. The van der Waals surface area contributed by atoms with E-state index in [1.54, 1.807) is 6.07 Å². The Bertz CT molecular complexity index is 859. The van der Waals surface area contributed by atoms with Crippen LogP contribution in [0.15, 0.2) is 40.9 Å². The van der Waals surface area contributed by atoms with Gasteiger partial charge in [0.05, 0.1) is 21.8 Å². The second-order valence-corrected chi connectivity index (χ2v) is 6.70. The zero-order valence-electron chi connectivity index (χ0n) is 12.7. The van der Waals surface area contributed by atoms with Gasteiger partial charge in [-0.15, -0.1) is 0 Å². The number of hydrogen-bond acceptors (Lipinski definition) is 3. The first-order valence-electron chi connectivity index (χ1n) is 6.86. The highest BCUT2D eigenvalue weighted by Gasteiger charge is 2.34. The number of esters is 1. The molecule has 0 spiro atoms. The van der Waals surface area contributed by atoms with Crippen LogP contribution < -0.4 is 5.32 Å². The number of nitrogens with one attached hydrogen (secondary N) is 1. The van der Waals surface area contributed by atoms with Gasteiger partial charge < -0.3 is 10.1 Å². The van der Waals surface area contributed by atoms with E-state index in [-0.39, 0.29) is 15.6 Å². The number of alkyl halides is 3. The van der Waals surface area contributed by atoms with Crippen molar-refractivity contribution < 1.29 is 27.5 Å². The van der Waals surface area contributed by atoms with Gasteiger partial charge in [0.15, 0.2) is 6.61 Å². The molecule has 0 saturated carbocycles. The van der Waals surface area contributed by atoms with E-state index >= 15 is 0 Å². The lowest BCUT2D eigenvalue weighted by molar-refractivity contribution is -0.137. The van der Waals surface area contributed by atoms with Crippen LogP contribution >= 0.6 is 39.1 Å². The topological polar surface area (TPSA) is 55.4 Å². The van der Waals surface area contributed by atoms with Gasteiger partial charge >= 0.3 is 12.1 Å². The predicted molar refractivity (Wildman–Crippen MR) is 94.5 cm³/mol. The highest BCUT2D eigenvalue weighted by molar-refractivity contribution is 9.10. The Morgan fingerprint density at radius 2 is 1.81 bits per heavy atom. The van der Waals surface area contributed by atoms with Gasteiger partial charge in [0.2, 0.25) is 0 Å². The fourth-order valence-corrected chi connectivity index (χ4v) is 2.64. The van der Waals surface area contributed by atoms with E-state index < -0.39 is 35.9 Å². The number of carbonyl (C=O) groups is 2. The Morgan fingerprint density at radius 1 is 1.12 bits per heavy atom. The van der Waals surface area contributed by atoms with E-state index in [9.17, 15) is 22.8 Å². The van der Waals surface area contributed by atoms with Crippen LogP contribution in [0.4, 0.5) is 18.9 Å². The molecular formula is C16H9BrCl2F3NO3. The summed E-state index contributed by atoms with van der Waals surface area (Å²) in [5, 5.41) is 2.01. The summed E-state index contributed by atoms with van der Waals surface area (Å²) in [4.78, 5) is 23.8. The Labute approximate surface area is 164 Å². The number of halogens is 6. The van der Waals surface area contributed by atoms with Gasteiger partial charge in [0.25, 0.3) is 5.91 Å². The Hall–Kier alpha value is -1.77. The van der Waals surface area contributed by atoms with E-state index in [4.69, 9.17) is 27.9 Å². The molecule has 0 saturated heterocycles. The van der Waals surface area contributed by atoms with Crippen LogP contribution in [-0.4, -0.2) is 18.5 Å². The summed E-state index contributed by atoms with van der Waals surface area (Å²) in [6, 6.07) is 7.33. The Kier molecular flexibility index (Phi) is 6.54. The van der Waals surface area contributed by atoms with Gasteiger partial charge in [-0.1, -0.05) is 39.1 Å². The molecule has 0 aliphatic rings. The first-order chi connectivity index (χ1) is 12.1. The number of anilines is 1. The summed E-state index contributed by atoms with van der Waals surface area (Å²) in [6.45, 7) is -0.790. The molecule has 0 heterocycles. The smallest absolute Gasteiger partial charge is 0.418 e. The van der Waals surface area contributed by atoms with E-state index in [0.29, 0.717) is 10.5 Å². The van der Waals surface area contributed by atoms with Crippen molar-refractivity contribution in [1.82, 2.24) is 0 Å². The lowest BCUT2D eigenvalue weighted by Crippen LogP contribution is -2.23. The molecule has 0 radical (unpaired) electrons. The predicted octanol–water partition coefficient (Wildman–Crippen LogP) is 5.57. The van der Waals surface area contributed by atoms with Crippen molar-refractivity contribution in [2.75, 3.05) is 11.9 Å². The number of amides is 1. The molecule has 0 atom stereocenters. The monoisotopic (exact) mass is 469 g/mol. The normalized spacial score (nSPS) is 11.2. The third-order valence-corrected chi connectivity index (χ3v) is 4.10. The number of rotatable bonds is 4. The van der Waals surface area contributed by atoms with Crippen molar-refractivity contribution in [3.63, 3.8) is 0 Å². The maximum Gasteiger partial charge on any atom is 0.418 e. The Balaban J connectivity index is 2.06. The Morgan fingerprint density at radius 3 is 2.46 bits per heavy atom. The van der Waals surface area contributed by atoms with Gasteiger partial charge in [0, 0.05) is 9.50 Å². The summed E-state index contributed by atoms with van der Waals surface area (Å²) in [7, 11) is 0. The minimum absolute atomic E-state index is 0.0105. The molecule has 10 heteroatoms. The molecule has 2 rings (SSSR count). The van der Waals surface area contributed by atoms with Crippen LogP contribution in [0, 0.1) is 0 Å². The zero-order chi connectivity index (χ0) is 19.5. The highest BCUT2D eigenvalue weighted by Crippen LogP contribution is 2.36. The average molecular weight is 471 g/mol. The van der Waals surface area contributed by atoms with Gasteiger partial charge in [-0.3, -0.25) is 4.79 Å².